The Hall–Kier alpha value is -2.24. The number of carbonyl (C=O) groups excluding carboxylic acids is 1. The fraction of sp³-hybridized carbons (Fsp3) is 0.462. The van der Waals surface area contributed by atoms with Crippen LogP contribution in [0.1, 0.15) is 43.5 Å². The van der Waals surface area contributed by atoms with Crippen LogP contribution in [0.5, 0.6) is 5.75 Å². The van der Waals surface area contributed by atoms with Crippen molar-refractivity contribution in [2.24, 2.45) is 0 Å². The summed E-state index contributed by atoms with van der Waals surface area (Å²) in [6.45, 7) is 8.22. The van der Waals surface area contributed by atoms with Gasteiger partial charge in [-0.05, 0) is 62.3 Å². The van der Waals surface area contributed by atoms with E-state index in [9.17, 15) is 13.2 Å². The van der Waals surface area contributed by atoms with Crippen LogP contribution in [-0.2, 0) is 10.0 Å². The number of methoxy groups -OCH3 is 1. The highest BCUT2D eigenvalue weighted by molar-refractivity contribution is 7.89. The van der Waals surface area contributed by atoms with E-state index in [1.54, 1.807) is 36.3 Å². The van der Waals surface area contributed by atoms with Gasteiger partial charge in [0.2, 0.25) is 10.0 Å². The standard InChI is InChI=1S/C26H34N4O4S2.ClH/c1-4-28(5-2)18-19-30(26-27-24-22(34-3)10-9-11-23(24)35-26)25(31)20-12-14-21(15-13-20)36(32,33)29-16-7-6-8-17-29;/h9-15H,4-8,16-19H2,1-3H3;1H. The van der Waals surface area contributed by atoms with Gasteiger partial charge in [-0.15, -0.1) is 12.4 Å². The van der Waals surface area contributed by atoms with E-state index in [1.165, 1.54) is 15.6 Å². The summed E-state index contributed by atoms with van der Waals surface area (Å²) in [5.41, 5.74) is 1.15. The molecule has 1 aliphatic heterocycles. The number of ether oxygens (including phenoxy) is 1. The van der Waals surface area contributed by atoms with Crippen molar-refractivity contribution in [2.75, 3.05) is 51.3 Å². The van der Waals surface area contributed by atoms with E-state index < -0.39 is 10.0 Å². The number of halogens is 1. The van der Waals surface area contributed by atoms with Crippen molar-refractivity contribution in [1.82, 2.24) is 14.2 Å². The minimum Gasteiger partial charge on any atom is -0.494 e. The lowest BCUT2D eigenvalue weighted by Crippen LogP contribution is -2.39. The summed E-state index contributed by atoms with van der Waals surface area (Å²) in [5, 5.41) is 0.594. The summed E-state index contributed by atoms with van der Waals surface area (Å²) >= 11 is 1.44. The Labute approximate surface area is 229 Å². The molecule has 1 amide bonds. The maximum absolute atomic E-state index is 13.7. The average molecular weight is 567 g/mol. The molecular weight excluding hydrogens is 532 g/mol. The number of anilines is 1. The second-order valence-electron chi connectivity index (χ2n) is 8.78. The lowest BCUT2D eigenvalue weighted by molar-refractivity contribution is 0.0983. The molecule has 0 spiro atoms. The summed E-state index contributed by atoms with van der Waals surface area (Å²) in [4.78, 5) is 22.6. The lowest BCUT2D eigenvalue weighted by atomic mass is 10.2. The van der Waals surface area contributed by atoms with Gasteiger partial charge in [0.25, 0.3) is 5.91 Å². The Morgan fingerprint density at radius 2 is 1.70 bits per heavy atom. The largest absolute Gasteiger partial charge is 0.494 e. The van der Waals surface area contributed by atoms with E-state index in [2.05, 4.69) is 18.7 Å². The Morgan fingerprint density at radius 1 is 1.03 bits per heavy atom. The predicted molar refractivity (Wildman–Crippen MR) is 152 cm³/mol. The SMILES string of the molecule is CCN(CC)CCN(C(=O)c1ccc(S(=O)(=O)N2CCCCC2)cc1)c1nc2c(OC)cccc2s1.Cl. The lowest BCUT2D eigenvalue weighted by Gasteiger charge is -2.26. The van der Waals surface area contributed by atoms with E-state index in [-0.39, 0.29) is 23.2 Å². The molecule has 11 heteroatoms. The number of likely N-dealkylation sites (N-methyl/N-ethyl adjacent to an activating group) is 1. The zero-order chi connectivity index (χ0) is 25.7. The van der Waals surface area contributed by atoms with Gasteiger partial charge >= 0.3 is 0 Å². The van der Waals surface area contributed by atoms with E-state index in [1.807, 2.05) is 18.2 Å². The van der Waals surface area contributed by atoms with Crippen LogP contribution in [-0.4, -0.2) is 74.9 Å². The van der Waals surface area contributed by atoms with Crippen LogP contribution in [0.15, 0.2) is 47.4 Å². The fourth-order valence-corrected chi connectivity index (χ4v) is 6.96. The second-order valence-corrected chi connectivity index (χ2v) is 11.7. The summed E-state index contributed by atoms with van der Waals surface area (Å²) < 4.78 is 34.0. The number of amides is 1. The van der Waals surface area contributed by atoms with Crippen LogP contribution in [0.25, 0.3) is 10.2 Å². The van der Waals surface area contributed by atoms with E-state index in [0.717, 1.165) is 42.6 Å². The van der Waals surface area contributed by atoms with Crippen LogP contribution in [0, 0.1) is 0 Å². The zero-order valence-electron chi connectivity index (χ0n) is 21.6. The molecule has 1 aliphatic rings. The highest BCUT2D eigenvalue weighted by Crippen LogP contribution is 2.34. The third kappa shape index (κ3) is 6.43. The zero-order valence-corrected chi connectivity index (χ0v) is 24.0. The van der Waals surface area contributed by atoms with Gasteiger partial charge in [-0.1, -0.05) is 37.7 Å². The number of hydrogen-bond donors (Lipinski definition) is 0. The number of nitrogens with zero attached hydrogens (tertiary/aromatic N) is 4. The maximum Gasteiger partial charge on any atom is 0.260 e. The summed E-state index contributed by atoms with van der Waals surface area (Å²) in [7, 11) is -1.94. The molecular formula is C26H35ClN4O4S2. The molecule has 0 aliphatic carbocycles. The second kappa shape index (κ2) is 13.0. The first-order chi connectivity index (χ1) is 17.4. The number of rotatable bonds is 10. The molecule has 0 radical (unpaired) electrons. The Balaban J connectivity index is 0.00000380. The van der Waals surface area contributed by atoms with Crippen molar-refractivity contribution in [3.8, 4) is 5.75 Å². The van der Waals surface area contributed by atoms with Crippen LogP contribution < -0.4 is 9.64 Å². The van der Waals surface area contributed by atoms with Gasteiger partial charge < -0.3 is 9.64 Å². The van der Waals surface area contributed by atoms with Crippen LogP contribution in [0.2, 0.25) is 0 Å². The molecule has 0 bridgehead atoms. The minimum atomic E-state index is -3.55. The number of sulfonamides is 1. The molecule has 2 aromatic carbocycles. The van der Waals surface area contributed by atoms with Crippen molar-refractivity contribution >= 4 is 55.0 Å². The van der Waals surface area contributed by atoms with Gasteiger partial charge in [0.05, 0.1) is 16.7 Å². The van der Waals surface area contributed by atoms with Gasteiger partial charge in [-0.2, -0.15) is 4.31 Å². The average Bonchev–Trinajstić information content (AvgIpc) is 3.35. The number of para-hydroxylation sites is 1. The molecule has 1 aromatic heterocycles. The molecule has 0 saturated carbocycles. The predicted octanol–water partition coefficient (Wildman–Crippen LogP) is 4.89. The number of piperidine rings is 1. The molecule has 4 rings (SSSR count). The first kappa shape index (κ1) is 29.3. The monoisotopic (exact) mass is 566 g/mol. The molecule has 202 valence electrons. The molecule has 37 heavy (non-hydrogen) atoms. The Bertz CT molecular complexity index is 1290. The highest BCUT2D eigenvalue weighted by Gasteiger charge is 2.27. The molecule has 3 aromatic rings. The molecule has 2 heterocycles. The molecule has 1 fully saturated rings. The molecule has 0 N–H and O–H groups in total. The quantitative estimate of drug-likeness (QED) is 0.347. The first-order valence-corrected chi connectivity index (χ1v) is 14.7. The van der Waals surface area contributed by atoms with Gasteiger partial charge in [-0.3, -0.25) is 9.69 Å². The molecule has 0 atom stereocenters. The van der Waals surface area contributed by atoms with Crippen molar-refractivity contribution in [3.63, 3.8) is 0 Å². The number of hydrogen-bond acceptors (Lipinski definition) is 7. The highest BCUT2D eigenvalue weighted by atomic mass is 35.5. The van der Waals surface area contributed by atoms with Crippen LogP contribution in [0.4, 0.5) is 5.13 Å². The summed E-state index contributed by atoms with van der Waals surface area (Å²) in [6, 6.07) is 12.0. The fourth-order valence-electron chi connectivity index (χ4n) is 4.44. The van der Waals surface area contributed by atoms with Gasteiger partial charge in [0.15, 0.2) is 5.13 Å². The topological polar surface area (TPSA) is 83.1 Å². The van der Waals surface area contributed by atoms with E-state index in [4.69, 9.17) is 9.72 Å². The maximum atomic E-state index is 13.7. The molecule has 0 unspecified atom stereocenters. The Kier molecular flexibility index (Phi) is 10.3. The number of fused-ring (bicyclic) bond motifs is 1. The number of benzene rings is 2. The van der Waals surface area contributed by atoms with Gasteiger partial charge in [-0.25, -0.2) is 13.4 Å². The minimum absolute atomic E-state index is 0. The first-order valence-electron chi connectivity index (χ1n) is 12.5. The summed E-state index contributed by atoms with van der Waals surface area (Å²) in [6.07, 6.45) is 2.81. The smallest absolute Gasteiger partial charge is 0.260 e. The van der Waals surface area contributed by atoms with Crippen molar-refractivity contribution in [2.45, 2.75) is 38.0 Å². The van der Waals surface area contributed by atoms with Crippen molar-refractivity contribution in [3.05, 3.63) is 48.0 Å². The number of thiazole rings is 1. The van der Waals surface area contributed by atoms with E-state index >= 15 is 0 Å². The number of carbonyl (C=O) groups is 1. The Morgan fingerprint density at radius 3 is 2.32 bits per heavy atom. The normalized spacial score (nSPS) is 14.5. The van der Waals surface area contributed by atoms with Gasteiger partial charge in [0.1, 0.15) is 11.3 Å². The molecule has 8 nitrogen and oxygen atoms in total. The number of aromatic nitrogens is 1. The van der Waals surface area contributed by atoms with Crippen molar-refractivity contribution < 1.29 is 17.9 Å². The van der Waals surface area contributed by atoms with E-state index in [0.29, 0.717) is 42.6 Å². The molecule has 1 saturated heterocycles. The van der Waals surface area contributed by atoms with Crippen LogP contribution in [0.3, 0.4) is 0 Å². The third-order valence-electron chi connectivity index (χ3n) is 6.65. The van der Waals surface area contributed by atoms with Crippen molar-refractivity contribution in [1.29, 1.82) is 0 Å². The van der Waals surface area contributed by atoms with Gasteiger partial charge in [0, 0.05) is 31.7 Å². The van der Waals surface area contributed by atoms with Crippen LogP contribution >= 0.6 is 23.7 Å². The third-order valence-corrected chi connectivity index (χ3v) is 9.61. The summed E-state index contributed by atoms with van der Waals surface area (Å²) in [5.74, 6) is 0.459.